The fourth-order valence-corrected chi connectivity index (χ4v) is 2.06. The minimum absolute atomic E-state index is 0.292. The van der Waals surface area contributed by atoms with E-state index in [0.717, 1.165) is 27.9 Å². The number of urea groups is 1. The molecule has 0 heterocycles. The Bertz CT molecular complexity index is 668. The fourth-order valence-electron chi connectivity index (χ4n) is 2.06. The molecule has 0 spiro atoms. The summed E-state index contributed by atoms with van der Waals surface area (Å²) in [5, 5.41) is 5.56. The van der Waals surface area contributed by atoms with Crippen LogP contribution >= 0.6 is 0 Å². The van der Waals surface area contributed by atoms with Crippen LogP contribution in [0.15, 0.2) is 36.4 Å². The van der Waals surface area contributed by atoms with Gasteiger partial charge in [-0.2, -0.15) is 0 Å². The maximum atomic E-state index is 13.2. The lowest BCUT2D eigenvalue weighted by Crippen LogP contribution is -2.28. The molecule has 2 amide bonds. The monoisotopic (exact) mass is 286 g/mol. The lowest BCUT2D eigenvalue weighted by molar-refractivity contribution is 0.251. The number of anilines is 1. The molecule has 0 atom stereocenters. The van der Waals surface area contributed by atoms with Gasteiger partial charge in [-0.3, -0.25) is 0 Å². The normalized spacial score (nSPS) is 10.3. The van der Waals surface area contributed by atoms with E-state index in [1.807, 2.05) is 39.0 Å². The molecule has 2 aromatic rings. The van der Waals surface area contributed by atoms with Crippen molar-refractivity contribution in [2.75, 3.05) is 5.32 Å². The lowest BCUT2D eigenvalue weighted by Gasteiger charge is -2.12. The van der Waals surface area contributed by atoms with Crippen molar-refractivity contribution in [3.63, 3.8) is 0 Å². The maximum absolute atomic E-state index is 13.2. The number of benzene rings is 2. The number of carbonyl (C=O) groups is 1. The minimum Gasteiger partial charge on any atom is -0.334 e. The molecule has 0 bridgehead atoms. The Morgan fingerprint density at radius 2 is 1.86 bits per heavy atom. The van der Waals surface area contributed by atoms with Crippen LogP contribution in [0.4, 0.5) is 14.9 Å². The summed E-state index contributed by atoms with van der Waals surface area (Å²) < 4.78 is 13.2. The van der Waals surface area contributed by atoms with Crippen molar-refractivity contribution >= 4 is 11.7 Å². The maximum Gasteiger partial charge on any atom is 0.319 e. The van der Waals surface area contributed by atoms with Crippen LogP contribution in [-0.2, 0) is 6.54 Å². The highest BCUT2D eigenvalue weighted by molar-refractivity contribution is 5.90. The zero-order chi connectivity index (χ0) is 15.4. The van der Waals surface area contributed by atoms with E-state index in [4.69, 9.17) is 0 Å². The molecule has 0 aliphatic heterocycles. The van der Waals surface area contributed by atoms with Crippen LogP contribution in [0.5, 0.6) is 0 Å². The molecular formula is C17H19FN2O. The SMILES string of the molecule is Cc1ccc(F)cc1CNC(=O)Nc1cccc(C)c1C. The molecule has 4 heteroatoms. The zero-order valence-electron chi connectivity index (χ0n) is 12.5. The van der Waals surface area contributed by atoms with Crippen LogP contribution in [0.3, 0.4) is 0 Å². The highest BCUT2D eigenvalue weighted by atomic mass is 19.1. The molecule has 0 unspecified atom stereocenters. The van der Waals surface area contributed by atoms with Crippen molar-refractivity contribution in [3.05, 3.63) is 64.5 Å². The number of hydrogen-bond acceptors (Lipinski definition) is 1. The lowest BCUT2D eigenvalue weighted by atomic mass is 10.1. The second-order valence-corrected chi connectivity index (χ2v) is 5.13. The molecule has 0 fully saturated rings. The van der Waals surface area contributed by atoms with Crippen LogP contribution in [-0.4, -0.2) is 6.03 Å². The summed E-state index contributed by atoms with van der Waals surface area (Å²) in [5.74, 6) is -0.299. The number of rotatable bonds is 3. The van der Waals surface area contributed by atoms with E-state index >= 15 is 0 Å². The van der Waals surface area contributed by atoms with Crippen molar-refractivity contribution in [3.8, 4) is 0 Å². The highest BCUT2D eigenvalue weighted by Gasteiger charge is 2.07. The Balaban J connectivity index is 1.99. The Hall–Kier alpha value is -2.36. The van der Waals surface area contributed by atoms with Gasteiger partial charge in [0.15, 0.2) is 0 Å². The van der Waals surface area contributed by atoms with Crippen molar-refractivity contribution in [2.24, 2.45) is 0 Å². The van der Waals surface area contributed by atoms with Crippen LogP contribution in [0, 0.1) is 26.6 Å². The molecule has 0 saturated carbocycles. The third-order valence-corrected chi connectivity index (χ3v) is 3.60. The molecule has 0 radical (unpaired) electrons. The molecule has 2 aromatic carbocycles. The van der Waals surface area contributed by atoms with Crippen molar-refractivity contribution in [1.29, 1.82) is 0 Å². The molecule has 2 rings (SSSR count). The summed E-state index contributed by atoms with van der Waals surface area (Å²) >= 11 is 0. The second-order valence-electron chi connectivity index (χ2n) is 5.13. The van der Waals surface area contributed by atoms with Gasteiger partial charge in [0, 0.05) is 12.2 Å². The molecule has 0 aliphatic rings. The molecule has 3 nitrogen and oxygen atoms in total. The first-order chi connectivity index (χ1) is 9.97. The van der Waals surface area contributed by atoms with Gasteiger partial charge >= 0.3 is 6.03 Å². The molecule has 110 valence electrons. The first-order valence-corrected chi connectivity index (χ1v) is 6.83. The predicted molar refractivity (Wildman–Crippen MR) is 82.9 cm³/mol. The number of amides is 2. The summed E-state index contributed by atoms with van der Waals surface area (Å²) in [4.78, 5) is 11.9. The number of carbonyl (C=O) groups excluding carboxylic acids is 1. The van der Waals surface area contributed by atoms with E-state index < -0.39 is 0 Å². The zero-order valence-corrected chi connectivity index (χ0v) is 12.5. The molecule has 2 N–H and O–H groups in total. The Morgan fingerprint density at radius 3 is 2.62 bits per heavy atom. The van der Waals surface area contributed by atoms with Gasteiger partial charge in [0.25, 0.3) is 0 Å². The predicted octanol–water partition coefficient (Wildman–Crippen LogP) is 4.07. The topological polar surface area (TPSA) is 41.1 Å². The van der Waals surface area contributed by atoms with Gasteiger partial charge in [-0.05, 0) is 61.2 Å². The largest absolute Gasteiger partial charge is 0.334 e. The summed E-state index contributed by atoms with van der Waals surface area (Å²) in [6, 6.07) is 10.0. The Kier molecular flexibility index (Phi) is 4.58. The van der Waals surface area contributed by atoms with Crippen molar-refractivity contribution in [1.82, 2.24) is 5.32 Å². The Labute approximate surface area is 124 Å². The van der Waals surface area contributed by atoms with E-state index in [1.54, 1.807) is 6.07 Å². The van der Waals surface area contributed by atoms with Crippen LogP contribution in [0.25, 0.3) is 0 Å². The minimum atomic E-state index is -0.299. The summed E-state index contributed by atoms with van der Waals surface area (Å²) in [6.07, 6.45) is 0. The average Bonchev–Trinajstić information content (AvgIpc) is 2.45. The van der Waals surface area contributed by atoms with Gasteiger partial charge in [-0.1, -0.05) is 18.2 Å². The van der Waals surface area contributed by atoms with E-state index in [1.165, 1.54) is 12.1 Å². The summed E-state index contributed by atoms with van der Waals surface area (Å²) in [5.41, 5.74) is 4.65. The molecule has 0 saturated heterocycles. The summed E-state index contributed by atoms with van der Waals surface area (Å²) in [7, 11) is 0. The number of nitrogens with one attached hydrogen (secondary N) is 2. The van der Waals surface area contributed by atoms with Crippen molar-refractivity contribution in [2.45, 2.75) is 27.3 Å². The van der Waals surface area contributed by atoms with Crippen LogP contribution in [0.2, 0.25) is 0 Å². The molecular weight excluding hydrogens is 267 g/mol. The third kappa shape index (κ3) is 3.81. The molecule has 21 heavy (non-hydrogen) atoms. The van der Waals surface area contributed by atoms with E-state index in [0.29, 0.717) is 6.54 Å². The highest BCUT2D eigenvalue weighted by Crippen LogP contribution is 2.17. The van der Waals surface area contributed by atoms with Crippen molar-refractivity contribution < 1.29 is 9.18 Å². The van der Waals surface area contributed by atoms with Gasteiger partial charge < -0.3 is 10.6 Å². The standard InChI is InChI=1S/C17H19FN2O/c1-11-5-4-6-16(13(11)3)20-17(21)19-10-14-9-15(18)8-7-12(14)2/h4-9H,10H2,1-3H3,(H2,19,20,21). The number of aryl methyl sites for hydroxylation is 2. The van der Waals surface area contributed by atoms with Gasteiger partial charge in [-0.15, -0.1) is 0 Å². The van der Waals surface area contributed by atoms with Gasteiger partial charge in [0.05, 0.1) is 0 Å². The Morgan fingerprint density at radius 1 is 1.10 bits per heavy atom. The smallest absolute Gasteiger partial charge is 0.319 e. The van der Waals surface area contributed by atoms with E-state index in [2.05, 4.69) is 10.6 Å². The first-order valence-electron chi connectivity index (χ1n) is 6.83. The van der Waals surface area contributed by atoms with Gasteiger partial charge in [0.1, 0.15) is 5.82 Å². The summed E-state index contributed by atoms with van der Waals surface area (Å²) in [6.45, 7) is 6.13. The first kappa shape index (κ1) is 15.0. The molecule has 0 aromatic heterocycles. The van der Waals surface area contributed by atoms with Gasteiger partial charge in [-0.25, -0.2) is 9.18 Å². The number of hydrogen-bond donors (Lipinski definition) is 2. The quantitative estimate of drug-likeness (QED) is 0.877. The van der Waals surface area contributed by atoms with Crippen LogP contribution < -0.4 is 10.6 Å². The number of halogens is 1. The van der Waals surface area contributed by atoms with Gasteiger partial charge in [0.2, 0.25) is 0 Å². The third-order valence-electron chi connectivity index (χ3n) is 3.60. The average molecular weight is 286 g/mol. The fraction of sp³-hybridized carbons (Fsp3) is 0.235. The van der Waals surface area contributed by atoms with Crippen LogP contribution in [0.1, 0.15) is 22.3 Å². The van der Waals surface area contributed by atoms with E-state index in [-0.39, 0.29) is 11.8 Å². The second kappa shape index (κ2) is 6.39. The van der Waals surface area contributed by atoms with E-state index in [9.17, 15) is 9.18 Å². The molecule has 0 aliphatic carbocycles.